The van der Waals surface area contributed by atoms with Gasteiger partial charge in [0.1, 0.15) is 0 Å². The topological polar surface area (TPSA) is 62.5 Å². The van der Waals surface area contributed by atoms with Gasteiger partial charge in [-0.1, -0.05) is 54.1 Å². The van der Waals surface area contributed by atoms with Crippen molar-refractivity contribution in [1.82, 2.24) is 15.6 Å². The van der Waals surface area contributed by atoms with E-state index in [0.29, 0.717) is 18.4 Å². The fourth-order valence-electron chi connectivity index (χ4n) is 2.95. The maximum Gasteiger partial charge on any atom is 0.214 e. The third kappa shape index (κ3) is 5.58. The Kier molecular flexibility index (Phi) is 8.04. The smallest absolute Gasteiger partial charge is 0.214 e. The number of hydrogen-bond donors (Lipinski definition) is 2. The highest BCUT2D eigenvalue weighted by molar-refractivity contribution is 14.0. The summed E-state index contributed by atoms with van der Waals surface area (Å²) in [5.74, 6) is 2.10. The van der Waals surface area contributed by atoms with Crippen molar-refractivity contribution >= 4 is 29.9 Å². The second-order valence-electron chi connectivity index (χ2n) is 6.63. The highest BCUT2D eigenvalue weighted by Crippen LogP contribution is 2.21. The Morgan fingerprint density at radius 3 is 2.50 bits per heavy atom. The number of aryl methyl sites for hydroxylation is 2. The number of nitrogens with one attached hydrogen (secondary N) is 2. The van der Waals surface area contributed by atoms with Crippen LogP contribution in [0.25, 0.3) is 11.3 Å². The molecule has 1 aromatic heterocycles. The monoisotopic (exact) mass is 490 g/mol. The van der Waals surface area contributed by atoms with Crippen molar-refractivity contribution in [3.63, 3.8) is 0 Å². The summed E-state index contributed by atoms with van der Waals surface area (Å²) in [7, 11) is 1.76. The minimum atomic E-state index is 0. The van der Waals surface area contributed by atoms with Gasteiger partial charge in [-0.2, -0.15) is 0 Å². The molecule has 0 saturated heterocycles. The predicted octanol–water partition coefficient (Wildman–Crippen LogP) is 5.00. The minimum Gasteiger partial charge on any atom is -0.439 e. The quantitative estimate of drug-likeness (QED) is 0.300. The SMILES string of the molecule is CN=C(NCc1ncc(-c2ccc(C)cc2)o1)NC(C)c1ccccc1C.I. The van der Waals surface area contributed by atoms with Gasteiger partial charge in [0.05, 0.1) is 18.8 Å². The third-order valence-corrected chi connectivity index (χ3v) is 4.53. The third-order valence-electron chi connectivity index (χ3n) is 4.53. The first-order valence-electron chi connectivity index (χ1n) is 9.11. The maximum absolute atomic E-state index is 5.86. The number of oxazole rings is 1. The molecular weight excluding hydrogens is 463 g/mol. The van der Waals surface area contributed by atoms with E-state index in [1.165, 1.54) is 16.7 Å². The van der Waals surface area contributed by atoms with Crippen molar-refractivity contribution in [3.05, 3.63) is 77.3 Å². The molecule has 1 heterocycles. The molecule has 0 aliphatic carbocycles. The second-order valence-corrected chi connectivity index (χ2v) is 6.63. The first kappa shape index (κ1) is 21.9. The van der Waals surface area contributed by atoms with E-state index in [2.05, 4.69) is 71.7 Å². The molecule has 2 aromatic carbocycles. The van der Waals surface area contributed by atoms with Crippen LogP contribution in [0.2, 0.25) is 0 Å². The van der Waals surface area contributed by atoms with Gasteiger partial charge in [-0.05, 0) is 31.9 Å². The lowest BCUT2D eigenvalue weighted by Gasteiger charge is -2.19. The molecule has 0 amide bonds. The summed E-state index contributed by atoms with van der Waals surface area (Å²) in [6.45, 7) is 6.76. The standard InChI is InChI=1S/C22H26N4O.HI/c1-15-9-11-18(12-10-15)20-13-24-21(27-20)14-25-22(23-4)26-17(3)19-8-6-5-7-16(19)2;/h5-13,17H,14H2,1-4H3,(H2,23,25,26);1H. The molecule has 2 N–H and O–H groups in total. The van der Waals surface area contributed by atoms with Crippen LogP contribution in [0.15, 0.2) is 64.1 Å². The number of benzene rings is 2. The van der Waals surface area contributed by atoms with Crippen molar-refractivity contribution in [2.24, 2.45) is 4.99 Å². The normalized spacial score (nSPS) is 12.2. The van der Waals surface area contributed by atoms with Crippen LogP contribution in [0, 0.1) is 13.8 Å². The van der Waals surface area contributed by atoms with Crippen LogP contribution in [-0.2, 0) is 6.54 Å². The summed E-state index contributed by atoms with van der Waals surface area (Å²) in [6, 6.07) is 16.7. The number of halogens is 1. The Labute approximate surface area is 183 Å². The molecule has 3 aromatic rings. The number of aliphatic imine (C=N–C) groups is 1. The first-order valence-corrected chi connectivity index (χ1v) is 9.11. The van der Waals surface area contributed by atoms with Crippen LogP contribution in [0.3, 0.4) is 0 Å². The second kappa shape index (κ2) is 10.3. The zero-order valence-corrected chi connectivity index (χ0v) is 19.0. The van der Waals surface area contributed by atoms with Crippen LogP contribution in [0.1, 0.15) is 35.5 Å². The van der Waals surface area contributed by atoms with E-state index in [-0.39, 0.29) is 30.0 Å². The molecule has 28 heavy (non-hydrogen) atoms. The molecule has 0 fully saturated rings. The van der Waals surface area contributed by atoms with Gasteiger partial charge in [0.2, 0.25) is 5.89 Å². The van der Waals surface area contributed by atoms with Gasteiger partial charge in [-0.3, -0.25) is 4.99 Å². The van der Waals surface area contributed by atoms with E-state index in [1.54, 1.807) is 13.2 Å². The van der Waals surface area contributed by atoms with Crippen molar-refractivity contribution in [1.29, 1.82) is 0 Å². The lowest BCUT2D eigenvalue weighted by Crippen LogP contribution is -2.38. The molecule has 3 rings (SSSR count). The number of nitrogens with zero attached hydrogens (tertiary/aromatic N) is 2. The van der Waals surface area contributed by atoms with Crippen molar-refractivity contribution < 1.29 is 4.42 Å². The highest BCUT2D eigenvalue weighted by atomic mass is 127. The fraction of sp³-hybridized carbons (Fsp3) is 0.273. The summed E-state index contributed by atoms with van der Waals surface area (Å²) < 4.78 is 5.86. The van der Waals surface area contributed by atoms with Crippen LogP contribution < -0.4 is 10.6 Å². The Balaban J connectivity index is 0.00000280. The van der Waals surface area contributed by atoms with E-state index < -0.39 is 0 Å². The van der Waals surface area contributed by atoms with E-state index >= 15 is 0 Å². The summed E-state index contributed by atoms with van der Waals surface area (Å²) in [6.07, 6.45) is 1.76. The number of aromatic nitrogens is 1. The Bertz CT molecular complexity index is 918. The number of hydrogen-bond acceptors (Lipinski definition) is 3. The number of rotatable bonds is 5. The van der Waals surface area contributed by atoms with Gasteiger partial charge in [0.25, 0.3) is 0 Å². The molecule has 6 heteroatoms. The molecule has 1 unspecified atom stereocenters. The maximum atomic E-state index is 5.86. The zero-order valence-electron chi connectivity index (χ0n) is 16.7. The minimum absolute atomic E-state index is 0. The molecule has 1 atom stereocenters. The van der Waals surface area contributed by atoms with Crippen LogP contribution >= 0.6 is 24.0 Å². The van der Waals surface area contributed by atoms with E-state index in [9.17, 15) is 0 Å². The molecule has 148 valence electrons. The van der Waals surface area contributed by atoms with Gasteiger partial charge in [-0.25, -0.2) is 4.98 Å². The summed E-state index contributed by atoms with van der Waals surface area (Å²) in [5.41, 5.74) is 4.74. The average Bonchev–Trinajstić information content (AvgIpc) is 3.15. The lowest BCUT2D eigenvalue weighted by molar-refractivity contribution is 0.496. The van der Waals surface area contributed by atoms with Gasteiger partial charge in [0, 0.05) is 12.6 Å². The summed E-state index contributed by atoms with van der Waals surface area (Å²) in [5, 5.41) is 6.67. The molecule has 0 radical (unpaired) electrons. The molecule has 0 spiro atoms. The molecule has 0 saturated carbocycles. The predicted molar refractivity (Wildman–Crippen MR) is 125 cm³/mol. The van der Waals surface area contributed by atoms with E-state index in [0.717, 1.165) is 11.3 Å². The summed E-state index contributed by atoms with van der Waals surface area (Å²) >= 11 is 0. The van der Waals surface area contributed by atoms with Crippen LogP contribution in [0.4, 0.5) is 0 Å². The molecule has 0 aliphatic heterocycles. The Morgan fingerprint density at radius 1 is 1.11 bits per heavy atom. The van der Waals surface area contributed by atoms with Gasteiger partial charge in [-0.15, -0.1) is 24.0 Å². The first-order chi connectivity index (χ1) is 13.1. The molecule has 0 aliphatic rings. The van der Waals surface area contributed by atoms with Crippen LogP contribution in [0.5, 0.6) is 0 Å². The van der Waals surface area contributed by atoms with Crippen molar-refractivity contribution in [2.75, 3.05) is 7.05 Å². The van der Waals surface area contributed by atoms with Gasteiger partial charge < -0.3 is 15.1 Å². The Morgan fingerprint density at radius 2 is 1.82 bits per heavy atom. The van der Waals surface area contributed by atoms with Crippen LogP contribution in [-0.4, -0.2) is 18.0 Å². The fourth-order valence-corrected chi connectivity index (χ4v) is 2.95. The Hall–Kier alpha value is -2.35. The summed E-state index contributed by atoms with van der Waals surface area (Å²) in [4.78, 5) is 8.66. The zero-order chi connectivity index (χ0) is 19.2. The molecular formula is C22H27IN4O. The largest absolute Gasteiger partial charge is 0.439 e. The van der Waals surface area contributed by atoms with Gasteiger partial charge in [0.15, 0.2) is 11.7 Å². The van der Waals surface area contributed by atoms with Gasteiger partial charge >= 0.3 is 0 Å². The van der Waals surface area contributed by atoms with Crippen molar-refractivity contribution in [3.8, 4) is 11.3 Å². The van der Waals surface area contributed by atoms with E-state index in [1.807, 2.05) is 18.2 Å². The number of guanidine groups is 1. The molecule has 0 bridgehead atoms. The lowest BCUT2D eigenvalue weighted by atomic mass is 10.0. The molecule has 5 nitrogen and oxygen atoms in total. The highest BCUT2D eigenvalue weighted by Gasteiger charge is 2.11. The van der Waals surface area contributed by atoms with E-state index in [4.69, 9.17) is 4.42 Å². The average molecular weight is 490 g/mol. The van der Waals surface area contributed by atoms with Crippen molar-refractivity contribution in [2.45, 2.75) is 33.4 Å².